The molecule has 0 bridgehead atoms. The molecule has 1 aliphatic rings. The number of ketones is 1. The summed E-state index contributed by atoms with van der Waals surface area (Å²) in [5.41, 5.74) is 7.38. The van der Waals surface area contributed by atoms with E-state index < -0.39 is 7.11 Å². The van der Waals surface area contributed by atoms with Crippen LogP contribution in [0.1, 0.15) is 37.7 Å². The highest BCUT2D eigenvalue weighted by atomic mass is 19.3. The number of benzene rings is 5. The van der Waals surface area contributed by atoms with Crippen LogP contribution in [0.4, 0.5) is 8.63 Å². The Kier molecular flexibility index (Phi) is 6.94. The van der Waals surface area contributed by atoms with Crippen molar-refractivity contribution >= 4 is 29.8 Å². The fourth-order valence-electron chi connectivity index (χ4n) is 4.94. The van der Waals surface area contributed by atoms with Crippen LogP contribution in [0.15, 0.2) is 152 Å². The first kappa shape index (κ1) is 25.3. The lowest BCUT2D eigenvalue weighted by Crippen LogP contribution is -2.30. The quantitative estimate of drug-likeness (QED) is 0.123. The molecule has 194 valence electrons. The van der Waals surface area contributed by atoms with Crippen molar-refractivity contribution in [3.63, 3.8) is 0 Å². The minimum absolute atomic E-state index is 0.0678. The van der Waals surface area contributed by atoms with Gasteiger partial charge < -0.3 is 17.6 Å². The van der Waals surface area contributed by atoms with E-state index in [0.29, 0.717) is 11.1 Å². The minimum Gasteiger partial charge on any atom is -0.569 e. The van der Waals surface area contributed by atoms with Gasteiger partial charge in [0.1, 0.15) is 0 Å². The summed E-state index contributed by atoms with van der Waals surface area (Å²) >= 11 is 0. The largest absolute Gasteiger partial charge is 0.995 e. The third kappa shape index (κ3) is 5.41. The van der Waals surface area contributed by atoms with E-state index in [1.54, 1.807) is 24.3 Å². The zero-order valence-corrected chi connectivity index (χ0v) is 21.6. The number of hydrogen-bond donors (Lipinski definition) is 0. The van der Waals surface area contributed by atoms with Crippen LogP contribution in [0.5, 0.6) is 0 Å². The van der Waals surface area contributed by atoms with Crippen molar-refractivity contribution in [3.8, 4) is 0 Å². The van der Waals surface area contributed by atoms with Gasteiger partial charge in [0.25, 0.3) is 5.78 Å². The van der Waals surface area contributed by atoms with Gasteiger partial charge in [0.2, 0.25) is 0 Å². The van der Waals surface area contributed by atoms with Gasteiger partial charge in [-0.1, -0.05) is 133 Å². The fourth-order valence-corrected chi connectivity index (χ4v) is 4.94. The lowest BCUT2D eigenvalue weighted by molar-refractivity contribution is -0.183. The maximum absolute atomic E-state index is 14.5. The highest BCUT2D eigenvalue weighted by molar-refractivity contribution is 6.52. The van der Waals surface area contributed by atoms with Crippen LogP contribution < -0.4 is 0 Å². The second-order valence-electron chi connectivity index (χ2n) is 9.44. The lowest BCUT2D eigenvalue weighted by atomic mass is 9.85. The van der Waals surface area contributed by atoms with Crippen molar-refractivity contribution in [1.82, 2.24) is 0 Å². The molecule has 5 aromatic rings. The molecule has 2 nitrogen and oxygen atoms in total. The topological polar surface area (TPSA) is 20.5 Å². The van der Waals surface area contributed by atoms with E-state index in [1.807, 2.05) is 84.9 Å². The standard InChI is InChI=1S/C35H25BF2O2/c37-36(38)39-32(26-13-5-1-6-14-26)25-33(40-36)27-21-23-31(24-22-27)35(30-19-11-4-12-20-30)34(28-15-7-2-8-16-28)29-17-9-3-10-18-29/h1-25H. The maximum Gasteiger partial charge on any atom is 0.995 e. The van der Waals surface area contributed by atoms with Gasteiger partial charge in [-0.3, -0.25) is 0 Å². The molecule has 0 saturated carbocycles. The van der Waals surface area contributed by atoms with Crippen LogP contribution in [0.3, 0.4) is 0 Å². The summed E-state index contributed by atoms with van der Waals surface area (Å²) in [5, 5.41) is 0. The zero-order valence-electron chi connectivity index (χ0n) is 21.6. The summed E-state index contributed by atoms with van der Waals surface area (Å²) < 4.78 is 39.0. The second kappa shape index (κ2) is 11.0. The minimum atomic E-state index is -4.51. The van der Waals surface area contributed by atoms with Crippen LogP contribution >= 0.6 is 0 Å². The highest BCUT2D eigenvalue weighted by Gasteiger charge is 2.53. The molecule has 0 aromatic heterocycles. The van der Waals surface area contributed by atoms with Gasteiger partial charge in [-0.15, -0.1) is 0 Å². The molecule has 0 aliphatic carbocycles. The molecular weight excluding hydrogens is 501 g/mol. The second-order valence-corrected chi connectivity index (χ2v) is 9.44. The molecule has 1 aliphatic heterocycles. The van der Waals surface area contributed by atoms with Gasteiger partial charge in [-0.05, 0) is 45.5 Å². The number of hydrogen-bond acceptors (Lipinski definition) is 1. The van der Waals surface area contributed by atoms with E-state index in [4.69, 9.17) is 9.00 Å². The number of rotatable bonds is 6. The summed E-state index contributed by atoms with van der Waals surface area (Å²) in [6.45, 7) is 0. The van der Waals surface area contributed by atoms with E-state index in [-0.39, 0.29) is 11.5 Å². The smallest absolute Gasteiger partial charge is 0.569 e. The monoisotopic (exact) mass is 526 g/mol. The van der Waals surface area contributed by atoms with E-state index >= 15 is 0 Å². The molecule has 0 saturated heterocycles. The Morgan fingerprint density at radius 2 is 0.875 bits per heavy atom. The normalized spacial score (nSPS) is 13.9. The number of halogens is 2. The van der Waals surface area contributed by atoms with Crippen LogP contribution in [-0.4, -0.2) is 12.9 Å². The molecule has 40 heavy (non-hydrogen) atoms. The van der Waals surface area contributed by atoms with Crippen molar-refractivity contribution < 1.29 is 17.6 Å². The molecule has 6 rings (SSSR count). The Morgan fingerprint density at radius 3 is 1.32 bits per heavy atom. The number of allylic oxidation sites excluding steroid dienone is 1. The summed E-state index contributed by atoms with van der Waals surface area (Å²) in [5.74, 6) is 0.148. The first-order valence-electron chi connectivity index (χ1n) is 13.1. The fraction of sp³-hybridized carbons (Fsp3) is 0. The molecule has 0 fully saturated rings. The van der Waals surface area contributed by atoms with Crippen molar-refractivity contribution in [2.24, 2.45) is 0 Å². The van der Waals surface area contributed by atoms with Gasteiger partial charge in [0.05, 0.1) is 17.4 Å². The highest BCUT2D eigenvalue weighted by Crippen LogP contribution is 2.37. The summed E-state index contributed by atoms with van der Waals surface area (Å²) in [7, 11) is -4.51. The Hall–Kier alpha value is -5.03. The summed E-state index contributed by atoms with van der Waals surface area (Å²) in [4.78, 5) is 0. The summed E-state index contributed by atoms with van der Waals surface area (Å²) in [6, 6.07) is 47.1. The van der Waals surface area contributed by atoms with Crippen LogP contribution in [0.2, 0.25) is 0 Å². The van der Waals surface area contributed by atoms with Gasteiger partial charge in [0, 0.05) is 5.56 Å². The van der Waals surface area contributed by atoms with Gasteiger partial charge in [-0.25, -0.2) is 0 Å². The molecule has 0 spiro atoms. The Balaban J connectivity index is 1.49. The van der Waals surface area contributed by atoms with E-state index in [2.05, 4.69) is 36.4 Å². The third-order valence-electron chi connectivity index (χ3n) is 6.74. The van der Waals surface area contributed by atoms with Crippen molar-refractivity contribution in [2.75, 3.05) is 0 Å². The lowest BCUT2D eigenvalue weighted by Gasteiger charge is -2.21. The zero-order chi connectivity index (χ0) is 27.4. The van der Waals surface area contributed by atoms with E-state index in [0.717, 1.165) is 33.4 Å². The maximum atomic E-state index is 14.5. The number of carbonyl (C=O) groups excluding carboxylic acids is 1. The van der Waals surface area contributed by atoms with Crippen LogP contribution in [0, 0.1) is 0 Å². The predicted octanol–water partition coefficient (Wildman–Crippen LogP) is 8.86. The SMILES string of the molecule is F[B-]1(F)OC(c2ccc(C(=C(c3ccccc3)c3ccccc3)c3ccccc3)cc2)=CC(c2ccccc2)=[O+]1. The molecule has 0 unspecified atom stereocenters. The van der Waals surface area contributed by atoms with Gasteiger partial charge in [-0.2, -0.15) is 0 Å². The molecule has 0 atom stereocenters. The molecular formula is C35H25BF2O2. The average Bonchev–Trinajstić information content (AvgIpc) is 3.01. The molecule has 0 N–H and O–H groups in total. The average molecular weight is 526 g/mol. The van der Waals surface area contributed by atoms with E-state index in [9.17, 15) is 8.63 Å². The van der Waals surface area contributed by atoms with E-state index in [1.165, 1.54) is 6.08 Å². The Morgan fingerprint density at radius 1 is 0.475 bits per heavy atom. The van der Waals surface area contributed by atoms with Crippen LogP contribution in [-0.2, 0) is 4.65 Å². The summed E-state index contributed by atoms with van der Waals surface area (Å²) in [6.07, 6.45) is 1.52. The van der Waals surface area contributed by atoms with Crippen molar-refractivity contribution in [3.05, 3.63) is 185 Å². The van der Waals surface area contributed by atoms with Crippen molar-refractivity contribution in [2.45, 2.75) is 0 Å². The first-order chi connectivity index (χ1) is 19.6. The molecule has 5 heteroatoms. The Labute approximate surface area is 232 Å². The molecule has 1 heterocycles. The predicted molar refractivity (Wildman–Crippen MR) is 159 cm³/mol. The van der Waals surface area contributed by atoms with Crippen LogP contribution in [0.25, 0.3) is 16.9 Å². The molecule has 5 aromatic carbocycles. The van der Waals surface area contributed by atoms with Gasteiger partial charge in [0.15, 0.2) is 0 Å². The molecule has 0 amide bonds. The Bertz CT molecular complexity index is 1650. The molecule has 0 radical (unpaired) electrons. The third-order valence-corrected chi connectivity index (χ3v) is 6.74. The van der Waals surface area contributed by atoms with Gasteiger partial charge >= 0.3 is 7.11 Å². The van der Waals surface area contributed by atoms with Crippen molar-refractivity contribution in [1.29, 1.82) is 0 Å². The first-order valence-corrected chi connectivity index (χ1v) is 13.1.